The topological polar surface area (TPSA) is 38.8 Å². The number of carbonyl (C=O) groups excluding carboxylic acids is 1. The van der Waals surface area contributed by atoms with Crippen LogP contribution in [-0.2, 0) is 14.3 Å². The van der Waals surface area contributed by atoms with Crippen LogP contribution in [0.1, 0.15) is 46.0 Å². The third-order valence-corrected chi connectivity index (χ3v) is 4.15. The third kappa shape index (κ3) is 6.33. The molecule has 0 aromatic rings. The molecule has 0 aliphatic heterocycles. The molecule has 0 saturated heterocycles. The molecule has 0 spiro atoms. The fourth-order valence-electron chi connectivity index (χ4n) is 2.96. The van der Waals surface area contributed by atoms with Gasteiger partial charge in [-0.3, -0.25) is 4.90 Å². The summed E-state index contributed by atoms with van der Waals surface area (Å²) in [6, 6.07) is 0. The van der Waals surface area contributed by atoms with Crippen molar-refractivity contribution < 1.29 is 14.3 Å². The lowest BCUT2D eigenvalue weighted by atomic mass is 9.75. The van der Waals surface area contributed by atoms with E-state index in [9.17, 15) is 4.79 Å². The number of aldehydes is 1. The SMILES string of the molecule is CCOCCN(CCOCC)CC1(C=O)CCCCC1. The van der Waals surface area contributed by atoms with Crippen molar-refractivity contribution in [2.45, 2.75) is 46.0 Å². The van der Waals surface area contributed by atoms with Crippen molar-refractivity contribution >= 4 is 6.29 Å². The standard InChI is InChI=1S/C16H31NO3/c1-3-19-12-10-17(11-13-20-4-2)14-16(15-18)8-6-5-7-9-16/h15H,3-14H2,1-2H3. The van der Waals surface area contributed by atoms with E-state index >= 15 is 0 Å². The molecule has 0 amide bonds. The molecule has 0 unspecified atom stereocenters. The minimum Gasteiger partial charge on any atom is -0.380 e. The van der Waals surface area contributed by atoms with E-state index in [1.807, 2.05) is 13.8 Å². The summed E-state index contributed by atoms with van der Waals surface area (Å²) in [6.45, 7) is 9.62. The van der Waals surface area contributed by atoms with Crippen molar-refractivity contribution in [1.29, 1.82) is 0 Å². The van der Waals surface area contributed by atoms with Crippen LogP contribution in [0.15, 0.2) is 0 Å². The zero-order valence-corrected chi connectivity index (χ0v) is 13.2. The molecule has 0 aromatic heterocycles. The average Bonchev–Trinajstić information content (AvgIpc) is 2.48. The summed E-state index contributed by atoms with van der Waals surface area (Å²) in [5.41, 5.74) is -0.128. The summed E-state index contributed by atoms with van der Waals surface area (Å²) in [6.07, 6.45) is 6.92. The quantitative estimate of drug-likeness (QED) is 0.432. The molecule has 0 N–H and O–H groups in total. The van der Waals surface area contributed by atoms with Gasteiger partial charge < -0.3 is 14.3 Å². The summed E-state index contributed by atoms with van der Waals surface area (Å²) >= 11 is 0. The molecule has 1 aliphatic carbocycles. The van der Waals surface area contributed by atoms with Gasteiger partial charge in [-0.25, -0.2) is 0 Å². The van der Waals surface area contributed by atoms with Gasteiger partial charge in [-0.1, -0.05) is 19.3 Å². The summed E-state index contributed by atoms with van der Waals surface area (Å²) in [5, 5.41) is 0. The molecule has 0 radical (unpaired) electrons. The highest BCUT2D eigenvalue weighted by atomic mass is 16.5. The predicted octanol–water partition coefficient (Wildman–Crippen LogP) is 2.51. The number of rotatable bonds is 11. The van der Waals surface area contributed by atoms with E-state index in [1.54, 1.807) is 0 Å². The Hall–Kier alpha value is -0.450. The Labute approximate surface area is 123 Å². The number of carbonyl (C=O) groups is 1. The molecule has 1 aliphatic rings. The Morgan fingerprint density at radius 2 is 1.55 bits per heavy atom. The van der Waals surface area contributed by atoms with Crippen LogP contribution in [0.4, 0.5) is 0 Å². The highest BCUT2D eigenvalue weighted by Gasteiger charge is 2.33. The Morgan fingerprint density at radius 1 is 1.00 bits per heavy atom. The zero-order valence-electron chi connectivity index (χ0n) is 13.2. The molecule has 0 atom stereocenters. The van der Waals surface area contributed by atoms with Crippen LogP contribution in [0.5, 0.6) is 0 Å². The maximum absolute atomic E-state index is 11.6. The molecule has 118 valence electrons. The Bertz CT molecular complexity index is 242. The lowest BCUT2D eigenvalue weighted by molar-refractivity contribution is -0.119. The van der Waals surface area contributed by atoms with Crippen LogP contribution in [0.25, 0.3) is 0 Å². The van der Waals surface area contributed by atoms with Gasteiger partial charge in [-0.2, -0.15) is 0 Å². The van der Waals surface area contributed by atoms with Gasteiger partial charge in [0.15, 0.2) is 0 Å². The highest BCUT2D eigenvalue weighted by molar-refractivity contribution is 5.60. The van der Waals surface area contributed by atoms with Crippen molar-refractivity contribution in [2.75, 3.05) is 46.1 Å². The second kappa shape index (κ2) is 10.3. The molecule has 20 heavy (non-hydrogen) atoms. The van der Waals surface area contributed by atoms with E-state index in [1.165, 1.54) is 25.5 Å². The minimum atomic E-state index is -0.128. The second-order valence-electron chi connectivity index (χ2n) is 5.71. The van der Waals surface area contributed by atoms with Gasteiger partial charge in [0, 0.05) is 38.3 Å². The van der Waals surface area contributed by atoms with Crippen LogP contribution in [0.3, 0.4) is 0 Å². The van der Waals surface area contributed by atoms with Crippen LogP contribution in [0.2, 0.25) is 0 Å². The Morgan fingerprint density at radius 3 is 2.00 bits per heavy atom. The van der Waals surface area contributed by atoms with Gasteiger partial charge in [0.05, 0.1) is 13.2 Å². The molecule has 4 heteroatoms. The van der Waals surface area contributed by atoms with Crippen molar-refractivity contribution in [2.24, 2.45) is 5.41 Å². The fraction of sp³-hybridized carbons (Fsp3) is 0.938. The Balaban J connectivity index is 2.48. The zero-order chi connectivity index (χ0) is 14.7. The molecule has 0 bridgehead atoms. The fourth-order valence-corrected chi connectivity index (χ4v) is 2.96. The van der Waals surface area contributed by atoms with E-state index in [4.69, 9.17) is 9.47 Å². The molecule has 1 saturated carbocycles. The minimum absolute atomic E-state index is 0.128. The first-order valence-corrected chi connectivity index (χ1v) is 8.10. The van der Waals surface area contributed by atoms with Gasteiger partial charge in [0.25, 0.3) is 0 Å². The second-order valence-corrected chi connectivity index (χ2v) is 5.71. The molecular formula is C16H31NO3. The number of hydrogen-bond acceptors (Lipinski definition) is 4. The smallest absolute Gasteiger partial charge is 0.127 e. The summed E-state index contributed by atoms with van der Waals surface area (Å²) in [7, 11) is 0. The first-order chi connectivity index (χ1) is 9.76. The third-order valence-electron chi connectivity index (χ3n) is 4.15. The van der Waals surface area contributed by atoms with Crippen LogP contribution >= 0.6 is 0 Å². The molecule has 0 heterocycles. The normalized spacial score (nSPS) is 18.4. The van der Waals surface area contributed by atoms with E-state index in [0.29, 0.717) is 0 Å². The van der Waals surface area contributed by atoms with Gasteiger partial charge in [0.1, 0.15) is 6.29 Å². The highest BCUT2D eigenvalue weighted by Crippen LogP contribution is 2.35. The van der Waals surface area contributed by atoms with Crippen molar-refractivity contribution in [3.05, 3.63) is 0 Å². The number of hydrogen-bond donors (Lipinski definition) is 0. The van der Waals surface area contributed by atoms with Gasteiger partial charge in [-0.15, -0.1) is 0 Å². The summed E-state index contributed by atoms with van der Waals surface area (Å²) in [5.74, 6) is 0. The number of nitrogens with zero attached hydrogens (tertiary/aromatic N) is 1. The molecule has 4 nitrogen and oxygen atoms in total. The van der Waals surface area contributed by atoms with Crippen molar-refractivity contribution in [1.82, 2.24) is 4.90 Å². The molecular weight excluding hydrogens is 254 g/mol. The lowest BCUT2D eigenvalue weighted by Crippen LogP contribution is -2.43. The van der Waals surface area contributed by atoms with E-state index in [2.05, 4.69) is 4.90 Å². The van der Waals surface area contributed by atoms with E-state index in [-0.39, 0.29) is 5.41 Å². The monoisotopic (exact) mass is 285 g/mol. The average molecular weight is 285 g/mol. The van der Waals surface area contributed by atoms with Crippen LogP contribution in [0, 0.1) is 5.41 Å². The first-order valence-electron chi connectivity index (χ1n) is 8.10. The maximum Gasteiger partial charge on any atom is 0.127 e. The summed E-state index contributed by atoms with van der Waals surface area (Å²) < 4.78 is 10.9. The molecule has 0 aromatic carbocycles. The van der Waals surface area contributed by atoms with Gasteiger partial charge in [-0.05, 0) is 26.7 Å². The number of ether oxygens (including phenoxy) is 2. The predicted molar refractivity (Wildman–Crippen MR) is 81.0 cm³/mol. The summed E-state index contributed by atoms with van der Waals surface area (Å²) in [4.78, 5) is 13.9. The van der Waals surface area contributed by atoms with E-state index < -0.39 is 0 Å². The van der Waals surface area contributed by atoms with E-state index in [0.717, 1.165) is 58.9 Å². The Kier molecular flexibility index (Phi) is 9.07. The van der Waals surface area contributed by atoms with Crippen LogP contribution < -0.4 is 0 Å². The van der Waals surface area contributed by atoms with Crippen molar-refractivity contribution in [3.63, 3.8) is 0 Å². The lowest BCUT2D eigenvalue weighted by Gasteiger charge is -2.37. The van der Waals surface area contributed by atoms with Crippen LogP contribution in [-0.4, -0.2) is 57.2 Å². The van der Waals surface area contributed by atoms with Crippen molar-refractivity contribution in [3.8, 4) is 0 Å². The molecule has 1 fully saturated rings. The maximum atomic E-state index is 11.6. The largest absolute Gasteiger partial charge is 0.380 e. The first kappa shape index (κ1) is 17.6. The van der Waals surface area contributed by atoms with Gasteiger partial charge >= 0.3 is 0 Å². The van der Waals surface area contributed by atoms with Gasteiger partial charge in [0.2, 0.25) is 0 Å². The molecule has 1 rings (SSSR count).